The van der Waals surface area contributed by atoms with Crippen LogP contribution in [-0.4, -0.2) is 36.9 Å². The number of nitrogens with one attached hydrogen (secondary N) is 1. The van der Waals surface area contributed by atoms with Crippen molar-refractivity contribution in [3.8, 4) is 17.3 Å². The molecule has 2 unspecified atom stereocenters. The van der Waals surface area contributed by atoms with Crippen molar-refractivity contribution in [3.63, 3.8) is 0 Å². The lowest BCUT2D eigenvalue weighted by Crippen LogP contribution is -2.36. The highest BCUT2D eigenvalue weighted by molar-refractivity contribution is 7.14. The fourth-order valence-corrected chi connectivity index (χ4v) is 5.09. The number of nitrogens with zero attached hydrogens (tertiary/aromatic N) is 3. The monoisotopic (exact) mass is 500 g/mol. The largest absolute Gasteiger partial charge is 0.468 e. The third-order valence-corrected chi connectivity index (χ3v) is 6.80. The lowest BCUT2D eigenvalue weighted by atomic mass is 9.75. The van der Waals surface area contributed by atoms with E-state index in [0.29, 0.717) is 33.4 Å². The average molecular weight is 501 g/mol. The summed E-state index contributed by atoms with van der Waals surface area (Å²) in [6.45, 7) is 3.49. The Morgan fingerprint density at radius 1 is 1.06 bits per heavy atom. The van der Waals surface area contributed by atoms with Gasteiger partial charge in [-0.25, -0.2) is 9.78 Å². The summed E-state index contributed by atoms with van der Waals surface area (Å²) in [5.74, 6) is -2.48. The molecule has 2 heterocycles. The number of rotatable bonds is 6. The number of carbonyl (C=O) groups excluding carboxylic acids is 2. The maximum absolute atomic E-state index is 12.9. The van der Waals surface area contributed by atoms with Gasteiger partial charge in [0.15, 0.2) is 5.13 Å². The van der Waals surface area contributed by atoms with Crippen LogP contribution in [0.1, 0.15) is 30.9 Å². The Bertz CT molecular complexity index is 1420. The highest BCUT2D eigenvalue weighted by atomic mass is 32.1. The lowest BCUT2D eigenvalue weighted by Gasteiger charge is -2.32. The zero-order valence-corrected chi connectivity index (χ0v) is 21.1. The van der Waals surface area contributed by atoms with Crippen LogP contribution in [0.2, 0.25) is 0 Å². The summed E-state index contributed by atoms with van der Waals surface area (Å²) < 4.78 is 10.2. The molecule has 8 nitrogen and oxygen atoms in total. The fourth-order valence-electron chi connectivity index (χ4n) is 4.36. The SMILES string of the molecule is COC(=O)C1=C(C)N=C(C)C(C(=O)OC)C1c1ccccc1Nc1nc(-c2ccc(C#N)cc2)cs1. The minimum atomic E-state index is -0.791. The summed E-state index contributed by atoms with van der Waals surface area (Å²) >= 11 is 1.42. The number of esters is 2. The van der Waals surface area contributed by atoms with Crippen molar-refractivity contribution >= 4 is 39.8 Å². The first kappa shape index (κ1) is 24.8. The Kier molecular flexibility index (Phi) is 7.27. The molecular weight excluding hydrogens is 476 g/mol. The van der Waals surface area contributed by atoms with Gasteiger partial charge in [-0.2, -0.15) is 5.26 Å². The van der Waals surface area contributed by atoms with Crippen LogP contribution in [0.25, 0.3) is 11.3 Å². The second-order valence-corrected chi connectivity index (χ2v) is 9.02. The molecule has 2 atom stereocenters. The van der Waals surface area contributed by atoms with Gasteiger partial charge < -0.3 is 14.8 Å². The van der Waals surface area contributed by atoms with Crippen LogP contribution in [0.5, 0.6) is 0 Å². The molecule has 3 aromatic rings. The number of para-hydroxylation sites is 1. The van der Waals surface area contributed by atoms with Gasteiger partial charge in [0.2, 0.25) is 0 Å². The summed E-state index contributed by atoms with van der Waals surface area (Å²) in [7, 11) is 2.63. The second kappa shape index (κ2) is 10.5. The van der Waals surface area contributed by atoms with Crippen molar-refractivity contribution < 1.29 is 19.1 Å². The van der Waals surface area contributed by atoms with E-state index in [-0.39, 0.29) is 0 Å². The van der Waals surface area contributed by atoms with E-state index in [9.17, 15) is 9.59 Å². The summed E-state index contributed by atoms with van der Waals surface area (Å²) in [5.41, 5.74) is 5.02. The maximum atomic E-state index is 12.9. The van der Waals surface area contributed by atoms with E-state index in [4.69, 9.17) is 19.7 Å². The zero-order chi connectivity index (χ0) is 25.8. The van der Waals surface area contributed by atoms with Gasteiger partial charge >= 0.3 is 11.9 Å². The van der Waals surface area contributed by atoms with Crippen LogP contribution in [0.3, 0.4) is 0 Å². The van der Waals surface area contributed by atoms with Crippen LogP contribution in [0.4, 0.5) is 10.8 Å². The number of methoxy groups -OCH3 is 2. The van der Waals surface area contributed by atoms with Gasteiger partial charge in [0.1, 0.15) is 5.92 Å². The first-order chi connectivity index (χ1) is 17.4. The van der Waals surface area contributed by atoms with Gasteiger partial charge in [0.25, 0.3) is 0 Å². The number of carbonyl (C=O) groups is 2. The Morgan fingerprint density at radius 2 is 1.78 bits per heavy atom. The van der Waals surface area contributed by atoms with Crippen LogP contribution >= 0.6 is 11.3 Å². The number of hydrogen-bond donors (Lipinski definition) is 1. The fraction of sp³-hybridized carbons (Fsp3) is 0.222. The van der Waals surface area contributed by atoms with Crippen LogP contribution < -0.4 is 5.32 Å². The number of aliphatic imine (C=N–C) groups is 1. The van der Waals surface area contributed by atoms with Crippen LogP contribution in [0, 0.1) is 17.2 Å². The predicted molar refractivity (Wildman–Crippen MR) is 138 cm³/mol. The molecule has 0 saturated heterocycles. The molecule has 1 aliphatic heterocycles. The smallest absolute Gasteiger partial charge is 0.336 e. The summed E-state index contributed by atoms with van der Waals surface area (Å²) in [6.07, 6.45) is 0. The minimum Gasteiger partial charge on any atom is -0.468 e. The van der Waals surface area contributed by atoms with Crippen LogP contribution in [0.15, 0.2) is 70.2 Å². The molecule has 0 aliphatic carbocycles. The summed E-state index contributed by atoms with van der Waals surface area (Å²) in [6, 6.07) is 16.8. The summed E-state index contributed by atoms with van der Waals surface area (Å²) in [5, 5.41) is 14.9. The molecule has 2 aromatic carbocycles. The molecule has 182 valence electrons. The van der Waals surface area contributed by atoms with E-state index >= 15 is 0 Å². The topological polar surface area (TPSA) is 114 Å². The van der Waals surface area contributed by atoms with Gasteiger partial charge in [-0.1, -0.05) is 30.3 Å². The molecule has 4 rings (SSSR count). The number of anilines is 2. The van der Waals surface area contributed by atoms with Crippen molar-refractivity contribution in [2.75, 3.05) is 19.5 Å². The second-order valence-electron chi connectivity index (χ2n) is 8.16. The van der Waals surface area contributed by atoms with Crippen molar-refractivity contribution in [3.05, 3.63) is 76.3 Å². The van der Waals surface area contributed by atoms with Crippen molar-refractivity contribution in [1.29, 1.82) is 5.26 Å². The van der Waals surface area contributed by atoms with Crippen molar-refractivity contribution in [2.45, 2.75) is 19.8 Å². The molecule has 0 bridgehead atoms. The molecule has 0 saturated carbocycles. The molecule has 36 heavy (non-hydrogen) atoms. The van der Waals surface area contributed by atoms with E-state index in [2.05, 4.69) is 16.4 Å². The van der Waals surface area contributed by atoms with Gasteiger partial charge in [-0.3, -0.25) is 9.79 Å². The van der Waals surface area contributed by atoms with Crippen molar-refractivity contribution in [1.82, 2.24) is 4.98 Å². The number of aromatic nitrogens is 1. The van der Waals surface area contributed by atoms with E-state index in [1.807, 2.05) is 41.8 Å². The third-order valence-electron chi connectivity index (χ3n) is 6.04. The first-order valence-corrected chi connectivity index (χ1v) is 12.0. The Balaban J connectivity index is 1.75. The number of allylic oxidation sites excluding steroid dienone is 1. The number of thiazole rings is 1. The van der Waals surface area contributed by atoms with Gasteiger partial charge in [-0.15, -0.1) is 11.3 Å². The normalized spacial score (nSPS) is 17.1. The molecule has 1 aromatic heterocycles. The van der Waals surface area contributed by atoms with E-state index in [0.717, 1.165) is 16.8 Å². The Morgan fingerprint density at radius 3 is 2.44 bits per heavy atom. The lowest BCUT2D eigenvalue weighted by molar-refractivity contribution is -0.143. The van der Waals surface area contributed by atoms with Crippen LogP contribution in [-0.2, 0) is 19.1 Å². The highest BCUT2D eigenvalue weighted by Crippen LogP contribution is 2.43. The third kappa shape index (κ3) is 4.76. The molecule has 9 heteroatoms. The molecule has 1 N–H and O–H groups in total. The number of benzene rings is 2. The molecule has 0 spiro atoms. The Hall–Kier alpha value is -4.29. The number of hydrogen-bond acceptors (Lipinski definition) is 9. The minimum absolute atomic E-state index is 0.310. The number of ether oxygens (including phenoxy) is 2. The standard InChI is InChI=1S/C27H24N4O4S/c1-15-22(25(32)34-3)24(23(16(2)29-15)26(33)35-4)19-7-5-6-8-20(19)30-27-31-21(14-36-27)18-11-9-17(13-28)10-12-18/h5-12,14,22,24H,1-4H3,(H,30,31). The predicted octanol–water partition coefficient (Wildman–Crippen LogP) is 5.22. The van der Waals surface area contributed by atoms with E-state index < -0.39 is 23.8 Å². The quantitative estimate of drug-likeness (QED) is 0.462. The molecule has 0 radical (unpaired) electrons. The van der Waals surface area contributed by atoms with E-state index in [1.165, 1.54) is 25.6 Å². The zero-order valence-electron chi connectivity index (χ0n) is 20.2. The van der Waals surface area contributed by atoms with Gasteiger partial charge in [0.05, 0.1) is 37.1 Å². The molecular formula is C27H24N4O4S. The molecule has 0 fully saturated rings. The van der Waals surface area contributed by atoms with E-state index in [1.54, 1.807) is 26.0 Å². The summed E-state index contributed by atoms with van der Waals surface area (Å²) in [4.78, 5) is 34.9. The Labute approximate surface area is 212 Å². The first-order valence-electron chi connectivity index (χ1n) is 11.1. The molecule has 0 amide bonds. The average Bonchev–Trinajstić information content (AvgIpc) is 3.36. The highest BCUT2D eigenvalue weighted by Gasteiger charge is 2.43. The van der Waals surface area contributed by atoms with Crippen molar-refractivity contribution in [2.24, 2.45) is 10.9 Å². The maximum Gasteiger partial charge on any atom is 0.336 e. The number of nitriles is 1. The van der Waals surface area contributed by atoms with Gasteiger partial charge in [0, 0.05) is 34.0 Å². The van der Waals surface area contributed by atoms with Gasteiger partial charge in [-0.05, 0) is 37.6 Å². The molecule has 1 aliphatic rings.